The molecule has 0 bridgehead atoms. The fourth-order valence-corrected chi connectivity index (χ4v) is 1.73. The number of pyridine rings is 1. The minimum absolute atomic E-state index is 0.0188. The number of hydrogen-bond donors (Lipinski definition) is 2. The first-order valence-electron chi connectivity index (χ1n) is 6.77. The molecule has 1 aromatic rings. The summed E-state index contributed by atoms with van der Waals surface area (Å²) in [6, 6.07) is 1.38. The van der Waals surface area contributed by atoms with Crippen LogP contribution in [-0.2, 0) is 4.74 Å². The van der Waals surface area contributed by atoms with E-state index in [0.717, 1.165) is 6.20 Å². The van der Waals surface area contributed by atoms with Gasteiger partial charge in [0, 0.05) is 25.8 Å². The van der Waals surface area contributed by atoms with Crippen LogP contribution in [0.25, 0.3) is 0 Å². The molecule has 8 nitrogen and oxygen atoms in total. The molecule has 116 valence electrons. The van der Waals surface area contributed by atoms with E-state index in [4.69, 9.17) is 4.74 Å². The summed E-state index contributed by atoms with van der Waals surface area (Å²) in [7, 11) is 0. The lowest BCUT2D eigenvalue weighted by atomic mass is 10.2. The topological polar surface area (TPSA) is 106 Å². The molecule has 1 unspecified atom stereocenters. The number of carbonyl (C=O) groups is 1. The molecule has 1 rings (SSSR count). The van der Waals surface area contributed by atoms with Crippen molar-refractivity contribution >= 4 is 17.4 Å². The normalized spacial score (nSPS) is 11.8. The maximum Gasteiger partial charge on any atom is 0.300 e. The van der Waals surface area contributed by atoms with Crippen molar-refractivity contribution < 1.29 is 14.5 Å². The van der Waals surface area contributed by atoms with Gasteiger partial charge >= 0.3 is 0 Å². The number of carbonyl (C=O) groups excluding carboxylic acids is 1. The Kier molecular flexibility index (Phi) is 6.54. The number of amides is 1. The van der Waals surface area contributed by atoms with Gasteiger partial charge in [-0.25, -0.2) is 4.98 Å². The standard InChI is InChI=1S/C13H20N4O4/c1-4-14-12-6-10(11(8-15-12)17(19)20)13(18)16-7-9(3)21-5-2/h6,8-9H,4-5,7H2,1-3H3,(H,14,15)(H,16,18). The predicted molar refractivity (Wildman–Crippen MR) is 78.5 cm³/mol. The highest BCUT2D eigenvalue weighted by Gasteiger charge is 2.21. The molecule has 0 aliphatic rings. The van der Waals surface area contributed by atoms with Crippen molar-refractivity contribution in [3.8, 4) is 0 Å². The van der Waals surface area contributed by atoms with Crippen LogP contribution in [-0.4, -0.2) is 41.6 Å². The minimum atomic E-state index is -0.621. The summed E-state index contributed by atoms with van der Waals surface area (Å²) < 4.78 is 5.29. The Morgan fingerprint density at radius 1 is 1.52 bits per heavy atom. The molecular weight excluding hydrogens is 276 g/mol. The number of ether oxygens (including phenoxy) is 1. The third-order valence-electron chi connectivity index (χ3n) is 2.68. The molecule has 21 heavy (non-hydrogen) atoms. The molecule has 0 aromatic carbocycles. The molecular formula is C13H20N4O4. The summed E-state index contributed by atoms with van der Waals surface area (Å²) in [6.07, 6.45) is 0.923. The number of rotatable bonds is 8. The van der Waals surface area contributed by atoms with E-state index in [-0.39, 0.29) is 23.9 Å². The van der Waals surface area contributed by atoms with Crippen LogP contribution < -0.4 is 10.6 Å². The van der Waals surface area contributed by atoms with Crippen LogP contribution >= 0.6 is 0 Å². The molecule has 0 saturated heterocycles. The van der Waals surface area contributed by atoms with Gasteiger partial charge in [0.25, 0.3) is 11.6 Å². The number of anilines is 1. The molecule has 0 aliphatic carbocycles. The third kappa shape index (κ3) is 4.99. The molecule has 1 atom stereocenters. The quantitative estimate of drug-likeness (QED) is 0.557. The average Bonchev–Trinajstić information content (AvgIpc) is 2.45. The van der Waals surface area contributed by atoms with Gasteiger partial charge in [0.1, 0.15) is 17.6 Å². The Balaban J connectivity index is 2.89. The highest BCUT2D eigenvalue weighted by molar-refractivity contribution is 5.98. The summed E-state index contributed by atoms with van der Waals surface area (Å²) in [4.78, 5) is 26.4. The van der Waals surface area contributed by atoms with E-state index >= 15 is 0 Å². The second kappa shape index (κ2) is 8.15. The van der Waals surface area contributed by atoms with Crippen molar-refractivity contribution in [1.29, 1.82) is 0 Å². The zero-order chi connectivity index (χ0) is 15.8. The third-order valence-corrected chi connectivity index (χ3v) is 2.68. The molecule has 1 aromatic heterocycles. The largest absolute Gasteiger partial charge is 0.377 e. The maximum absolute atomic E-state index is 12.1. The van der Waals surface area contributed by atoms with Crippen LogP contribution in [0.5, 0.6) is 0 Å². The van der Waals surface area contributed by atoms with Gasteiger partial charge in [-0.3, -0.25) is 14.9 Å². The fraction of sp³-hybridized carbons (Fsp3) is 0.538. The molecule has 8 heteroatoms. The van der Waals surface area contributed by atoms with Crippen molar-refractivity contribution in [1.82, 2.24) is 10.3 Å². The van der Waals surface area contributed by atoms with Gasteiger partial charge in [-0.1, -0.05) is 0 Å². The lowest BCUT2D eigenvalue weighted by Gasteiger charge is -2.13. The predicted octanol–water partition coefficient (Wildman–Crippen LogP) is 1.58. The molecule has 1 amide bonds. The van der Waals surface area contributed by atoms with Gasteiger partial charge in [-0.05, 0) is 20.8 Å². The number of nitro groups is 1. The van der Waals surface area contributed by atoms with Crippen molar-refractivity contribution in [2.45, 2.75) is 26.9 Å². The lowest BCUT2D eigenvalue weighted by molar-refractivity contribution is -0.385. The van der Waals surface area contributed by atoms with Gasteiger partial charge < -0.3 is 15.4 Å². The smallest absolute Gasteiger partial charge is 0.300 e. The summed E-state index contributed by atoms with van der Waals surface area (Å²) in [5.74, 6) is -0.0964. The molecule has 0 spiro atoms. The van der Waals surface area contributed by atoms with Crippen LogP contribution in [0.15, 0.2) is 12.3 Å². The lowest BCUT2D eigenvalue weighted by Crippen LogP contribution is -2.32. The zero-order valence-corrected chi connectivity index (χ0v) is 12.4. The number of nitrogens with zero attached hydrogens (tertiary/aromatic N) is 2. The Morgan fingerprint density at radius 2 is 2.24 bits per heavy atom. The van der Waals surface area contributed by atoms with Crippen LogP contribution in [0.4, 0.5) is 11.5 Å². The Hall–Kier alpha value is -2.22. The minimum Gasteiger partial charge on any atom is -0.377 e. The van der Waals surface area contributed by atoms with E-state index in [1.807, 2.05) is 20.8 Å². The highest BCUT2D eigenvalue weighted by Crippen LogP contribution is 2.20. The molecule has 0 aliphatic heterocycles. The fourth-order valence-electron chi connectivity index (χ4n) is 1.73. The Labute approximate surface area is 123 Å². The van der Waals surface area contributed by atoms with Gasteiger partial charge in [-0.15, -0.1) is 0 Å². The summed E-state index contributed by atoms with van der Waals surface area (Å²) in [5, 5.41) is 16.5. The van der Waals surface area contributed by atoms with Gasteiger partial charge in [0.05, 0.1) is 11.0 Å². The van der Waals surface area contributed by atoms with E-state index in [0.29, 0.717) is 19.0 Å². The molecule has 0 saturated carbocycles. The van der Waals surface area contributed by atoms with Crippen LogP contribution in [0.1, 0.15) is 31.1 Å². The summed E-state index contributed by atoms with van der Waals surface area (Å²) in [5.41, 5.74) is -0.340. The molecule has 0 fully saturated rings. The second-order valence-electron chi connectivity index (χ2n) is 4.35. The first-order valence-corrected chi connectivity index (χ1v) is 6.77. The number of hydrogen-bond acceptors (Lipinski definition) is 6. The van der Waals surface area contributed by atoms with E-state index < -0.39 is 10.8 Å². The van der Waals surface area contributed by atoms with Crippen molar-refractivity contribution in [2.24, 2.45) is 0 Å². The van der Waals surface area contributed by atoms with E-state index in [1.54, 1.807) is 0 Å². The van der Waals surface area contributed by atoms with E-state index in [2.05, 4.69) is 15.6 Å². The van der Waals surface area contributed by atoms with Gasteiger partial charge in [0.15, 0.2) is 0 Å². The average molecular weight is 296 g/mol. The number of aromatic nitrogens is 1. The first-order chi connectivity index (χ1) is 9.99. The van der Waals surface area contributed by atoms with Gasteiger partial charge in [0.2, 0.25) is 0 Å². The van der Waals surface area contributed by atoms with Crippen LogP contribution in [0.3, 0.4) is 0 Å². The SMILES string of the molecule is CCNc1cc(C(=O)NCC(C)OCC)c([N+](=O)[O-])cn1. The molecule has 2 N–H and O–H groups in total. The second-order valence-corrected chi connectivity index (χ2v) is 4.35. The zero-order valence-electron chi connectivity index (χ0n) is 12.4. The van der Waals surface area contributed by atoms with Crippen molar-refractivity contribution in [3.05, 3.63) is 27.9 Å². The molecule has 1 heterocycles. The maximum atomic E-state index is 12.1. The van der Waals surface area contributed by atoms with Crippen molar-refractivity contribution in [3.63, 3.8) is 0 Å². The van der Waals surface area contributed by atoms with E-state index in [9.17, 15) is 14.9 Å². The summed E-state index contributed by atoms with van der Waals surface area (Å²) >= 11 is 0. The van der Waals surface area contributed by atoms with Crippen LogP contribution in [0, 0.1) is 10.1 Å². The van der Waals surface area contributed by atoms with E-state index in [1.165, 1.54) is 6.07 Å². The summed E-state index contributed by atoms with van der Waals surface area (Å²) in [6.45, 7) is 6.96. The van der Waals surface area contributed by atoms with Crippen molar-refractivity contribution in [2.75, 3.05) is 25.0 Å². The Bertz CT molecular complexity index is 507. The van der Waals surface area contributed by atoms with Gasteiger partial charge in [-0.2, -0.15) is 0 Å². The molecule has 0 radical (unpaired) electrons. The van der Waals surface area contributed by atoms with Crippen LogP contribution in [0.2, 0.25) is 0 Å². The first kappa shape index (κ1) is 16.8. The Morgan fingerprint density at radius 3 is 2.81 bits per heavy atom. The number of nitrogens with one attached hydrogen (secondary N) is 2. The highest BCUT2D eigenvalue weighted by atomic mass is 16.6. The monoisotopic (exact) mass is 296 g/mol.